The van der Waals surface area contributed by atoms with Crippen LogP contribution in [0.4, 0.5) is 11.4 Å². The first-order chi connectivity index (χ1) is 8.63. The third-order valence-electron chi connectivity index (χ3n) is 3.30. The first-order valence-corrected chi connectivity index (χ1v) is 6.32. The fraction of sp³-hybridized carbons (Fsp3) is 0.500. The van der Waals surface area contributed by atoms with Crippen molar-refractivity contribution in [1.82, 2.24) is 0 Å². The number of nitrogens with zero attached hydrogens (tertiary/aromatic N) is 2. The summed E-state index contributed by atoms with van der Waals surface area (Å²) in [5.74, 6) is 0. The Morgan fingerprint density at radius 3 is 2.72 bits per heavy atom. The van der Waals surface area contributed by atoms with E-state index in [0.717, 1.165) is 19.3 Å². The zero-order chi connectivity index (χ0) is 13.1. The Balaban J connectivity index is 2.36. The number of benzene rings is 1. The average molecular weight is 271 g/mol. The zero-order valence-corrected chi connectivity index (χ0v) is 10.6. The molecule has 0 aromatic heterocycles. The van der Waals surface area contributed by atoms with E-state index in [0.29, 0.717) is 17.3 Å². The van der Waals surface area contributed by atoms with E-state index in [9.17, 15) is 10.1 Å². The molecule has 0 heterocycles. The Morgan fingerprint density at radius 1 is 1.50 bits per heavy atom. The number of aliphatic hydroxyl groups is 1. The largest absolute Gasteiger partial charge is 0.395 e. The highest BCUT2D eigenvalue weighted by molar-refractivity contribution is 6.30. The molecule has 0 aliphatic heterocycles. The summed E-state index contributed by atoms with van der Waals surface area (Å²) in [5, 5.41) is 20.5. The molecule has 1 fully saturated rings. The van der Waals surface area contributed by atoms with E-state index in [2.05, 4.69) is 0 Å². The molecule has 0 unspecified atom stereocenters. The van der Waals surface area contributed by atoms with Crippen LogP contribution in [0.15, 0.2) is 18.2 Å². The second kappa shape index (κ2) is 5.54. The molecule has 0 atom stereocenters. The summed E-state index contributed by atoms with van der Waals surface area (Å²) < 4.78 is 0. The van der Waals surface area contributed by atoms with Crippen molar-refractivity contribution >= 4 is 23.0 Å². The molecular weight excluding hydrogens is 256 g/mol. The predicted molar refractivity (Wildman–Crippen MR) is 70.2 cm³/mol. The van der Waals surface area contributed by atoms with Gasteiger partial charge in [-0.3, -0.25) is 10.1 Å². The van der Waals surface area contributed by atoms with Crippen LogP contribution in [0.3, 0.4) is 0 Å². The van der Waals surface area contributed by atoms with Crippen LogP contribution in [0.5, 0.6) is 0 Å². The summed E-state index contributed by atoms with van der Waals surface area (Å²) in [7, 11) is 0. The predicted octanol–water partition coefficient (Wildman–Crippen LogP) is 2.60. The first kappa shape index (κ1) is 13.1. The second-order valence-electron chi connectivity index (χ2n) is 4.39. The number of halogens is 1. The Morgan fingerprint density at radius 2 is 2.22 bits per heavy atom. The van der Waals surface area contributed by atoms with Gasteiger partial charge >= 0.3 is 0 Å². The molecule has 98 valence electrons. The second-order valence-corrected chi connectivity index (χ2v) is 4.83. The number of aliphatic hydroxyl groups excluding tert-OH is 1. The first-order valence-electron chi connectivity index (χ1n) is 5.95. The monoisotopic (exact) mass is 270 g/mol. The maximum absolute atomic E-state index is 11.1. The van der Waals surface area contributed by atoms with E-state index in [1.54, 1.807) is 12.1 Å². The zero-order valence-electron chi connectivity index (χ0n) is 9.88. The Hall–Kier alpha value is -1.33. The van der Waals surface area contributed by atoms with Gasteiger partial charge in [0, 0.05) is 23.7 Å². The topological polar surface area (TPSA) is 66.6 Å². The molecule has 2 rings (SSSR count). The van der Waals surface area contributed by atoms with Crippen LogP contribution in [0, 0.1) is 10.1 Å². The van der Waals surface area contributed by atoms with Gasteiger partial charge in [-0.2, -0.15) is 0 Å². The number of nitro benzene ring substituents is 1. The van der Waals surface area contributed by atoms with Crippen LogP contribution in [-0.2, 0) is 0 Å². The fourth-order valence-corrected chi connectivity index (χ4v) is 2.36. The highest BCUT2D eigenvalue weighted by atomic mass is 35.5. The Labute approximate surface area is 110 Å². The van der Waals surface area contributed by atoms with Crippen LogP contribution < -0.4 is 4.90 Å². The van der Waals surface area contributed by atoms with Gasteiger partial charge in [0.25, 0.3) is 5.69 Å². The van der Waals surface area contributed by atoms with Crippen LogP contribution in [0.25, 0.3) is 0 Å². The van der Waals surface area contributed by atoms with E-state index >= 15 is 0 Å². The third kappa shape index (κ3) is 2.57. The Kier molecular flexibility index (Phi) is 4.04. The number of rotatable bonds is 5. The molecule has 6 heteroatoms. The van der Waals surface area contributed by atoms with E-state index in [1.165, 1.54) is 6.07 Å². The third-order valence-corrected chi connectivity index (χ3v) is 3.54. The van der Waals surface area contributed by atoms with Crippen molar-refractivity contribution in [2.24, 2.45) is 0 Å². The molecule has 0 amide bonds. The average Bonchev–Trinajstić information content (AvgIpc) is 2.26. The van der Waals surface area contributed by atoms with E-state index < -0.39 is 4.92 Å². The maximum Gasteiger partial charge on any atom is 0.294 e. The summed E-state index contributed by atoms with van der Waals surface area (Å²) in [4.78, 5) is 12.6. The van der Waals surface area contributed by atoms with Crippen molar-refractivity contribution in [1.29, 1.82) is 0 Å². The molecular formula is C12H15ClN2O3. The van der Waals surface area contributed by atoms with E-state index in [1.807, 2.05) is 4.90 Å². The quantitative estimate of drug-likeness (QED) is 0.660. The summed E-state index contributed by atoms with van der Waals surface area (Å²) >= 11 is 5.80. The Bertz CT molecular complexity index is 449. The van der Waals surface area contributed by atoms with Crippen molar-refractivity contribution in [2.45, 2.75) is 25.3 Å². The summed E-state index contributed by atoms with van der Waals surface area (Å²) in [6.45, 7) is 0.392. The molecule has 18 heavy (non-hydrogen) atoms. The number of hydrogen-bond donors (Lipinski definition) is 1. The van der Waals surface area contributed by atoms with Gasteiger partial charge in [0.1, 0.15) is 5.69 Å². The lowest BCUT2D eigenvalue weighted by molar-refractivity contribution is -0.384. The fourth-order valence-electron chi connectivity index (χ4n) is 2.19. The molecule has 0 radical (unpaired) electrons. The number of nitro groups is 1. The highest BCUT2D eigenvalue weighted by Crippen LogP contribution is 2.36. The molecule has 1 aromatic rings. The number of hydrogen-bond acceptors (Lipinski definition) is 4. The number of anilines is 1. The van der Waals surface area contributed by atoms with Gasteiger partial charge in [0.2, 0.25) is 0 Å². The van der Waals surface area contributed by atoms with Gasteiger partial charge in [0.05, 0.1) is 11.5 Å². The molecule has 0 spiro atoms. The normalized spacial score (nSPS) is 15.2. The minimum atomic E-state index is -0.426. The molecule has 0 bridgehead atoms. The molecule has 0 saturated heterocycles. The molecule has 1 N–H and O–H groups in total. The smallest absolute Gasteiger partial charge is 0.294 e. The van der Waals surface area contributed by atoms with Crippen LogP contribution >= 0.6 is 11.6 Å². The van der Waals surface area contributed by atoms with Crippen LogP contribution in [0.1, 0.15) is 19.3 Å². The molecule has 1 aliphatic rings. The lowest BCUT2D eigenvalue weighted by Gasteiger charge is -2.38. The van der Waals surface area contributed by atoms with Gasteiger partial charge < -0.3 is 10.0 Å². The van der Waals surface area contributed by atoms with E-state index in [4.69, 9.17) is 16.7 Å². The van der Waals surface area contributed by atoms with Crippen molar-refractivity contribution in [3.8, 4) is 0 Å². The highest BCUT2D eigenvalue weighted by Gasteiger charge is 2.29. The lowest BCUT2D eigenvalue weighted by Crippen LogP contribution is -2.42. The summed E-state index contributed by atoms with van der Waals surface area (Å²) in [5.41, 5.74) is 0.547. The SMILES string of the molecule is O=[N+]([O-])c1cc(Cl)ccc1N(CCO)C1CCC1. The molecule has 5 nitrogen and oxygen atoms in total. The van der Waals surface area contributed by atoms with Crippen molar-refractivity contribution < 1.29 is 10.0 Å². The molecule has 1 aliphatic carbocycles. The van der Waals surface area contributed by atoms with Crippen LogP contribution in [0.2, 0.25) is 5.02 Å². The van der Waals surface area contributed by atoms with Gasteiger partial charge in [0.15, 0.2) is 0 Å². The standard InChI is InChI=1S/C12H15ClN2O3/c13-9-4-5-11(12(8-9)15(17)18)14(6-7-16)10-2-1-3-10/h4-5,8,10,16H,1-3,6-7H2. The van der Waals surface area contributed by atoms with Crippen molar-refractivity contribution in [3.63, 3.8) is 0 Å². The minimum Gasteiger partial charge on any atom is -0.395 e. The lowest BCUT2D eigenvalue weighted by atomic mass is 9.91. The van der Waals surface area contributed by atoms with Crippen molar-refractivity contribution in [3.05, 3.63) is 33.3 Å². The maximum atomic E-state index is 11.1. The van der Waals surface area contributed by atoms with Crippen molar-refractivity contribution in [2.75, 3.05) is 18.1 Å². The summed E-state index contributed by atoms with van der Waals surface area (Å²) in [6, 6.07) is 4.96. The summed E-state index contributed by atoms with van der Waals surface area (Å²) in [6.07, 6.45) is 3.16. The van der Waals surface area contributed by atoms with Gasteiger partial charge in [-0.1, -0.05) is 11.6 Å². The van der Waals surface area contributed by atoms with Crippen LogP contribution in [-0.4, -0.2) is 29.2 Å². The molecule has 1 saturated carbocycles. The van der Waals surface area contributed by atoms with Gasteiger partial charge in [-0.25, -0.2) is 0 Å². The van der Waals surface area contributed by atoms with Gasteiger partial charge in [-0.05, 0) is 31.4 Å². The molecule has 1 aromatic carbocycles. The van der Waals surface area contributed by atoms with E-state index in [-0.39, 0.29) is 18.3 Å². The van der Waals surface area contributed by atoms with Gasteiger partial charge in [-0.15, -0.1) is 0 Å². The minimum absolute atomic E-state index is 0.00264.